The Hall–Kier alpha value is -1.45. The number of halogens is 3. The van der Waals surface area contributed by atoms with Crippen molar-refractivity contribution < 1.29 is 17.9 Å². The second-order valence-electron chi connectivity index (χ2n) is 4.28. The minimum Gasteiger partial charge on any atom is -0.493 e. The smallest absolute Gasteiger partial charge is 0.270 e. The Morgan fingerprint density at radius 1 is 1.37 bits per heavy atom. The first-order chi connectivity index (χ1) is 9.11. The zero-order chi connectivity index (χ0) is 14.3. The summed E-state index contributed by atoms with van der Waals surface area (Å²) in [6, 6.07) is 2.94. The number of unbranched alkanes of at least 4 members (excludes halogenated alkanes) is 1. The summed E-state index contributed by atoms with van der Waals surface area (Å²) >= 11 is 0. The standard InChI is InChI=1S/C15H19F3O/c1-3-5-7-11-8-9-12(19-10-6-4-2)13(14(11)16)15(17)18/h3,8-9,15H,1,4-7,10H2,2H3. The van der Waals surface area contributed by atoms with Crippen molar-refractivity contribution in [2.75, 3.05) is 6.61 Å². The van der Waals surface area contributed by atoms with Crippen molar-refractivity contribution in [3.8, 4) is 5.75 Å². The highest BCUT2D eigenvalue weighted by Gasteiger charge is 2.22. The molecule has 0 N–H and O–H groups in total. The van der Waals surface area contributed by atoms with Crippen LogP contribution in [0.2, 0.25) is 0 Å². The van der Waals surface area contributed by atoms with E-state index < -0.39 is 17.8 Å². The molecule has 0 radical (unpaired) electrons. The molecule has 0 fully saturated rings. The highest BCUT2D eigenvalue weighted by Crippen LogP contribution is 2.33. The van der Waals surface area contributed by atoms with Crippen LogP contribution in [-0.2, 0) is 6.42 Å². The van der Waals surface area contributed by atoms with E-state index in [4.69, 9.17) is 4.74 Å². The molecule has 0 saturated heterocycles. The predicted octanol–water partition coefficient (Wildman–Crippen LogP) is 5.06. The molecular weight excluding hydrogens is 253 g/mol. The Morgan fingerprint density at radius 3 is 2.68 bits per heavy atom. The van der Waals surface area contributed by atoms with Crippen LogP contribution in [0.25, 0.3) is 0 Å². The topological polar surface area (TPSA) is 9.23 Å². The largest absolute Gasteiger partial charge is 0.493 e. The first kappa shape index (κ1) is 15.6. The molecule has 0 bridgehead atoms. The number of hydrogen-bond donors (Lipinski definition) is 0. The molecule has 0 atom stereocenters. The molecule has 0 spiro atoms. The lowest BCUT2D eigenvalue weighted by molar-refractivity contribution is 0.139. The van der Waals surface area contributed by atoms with E-state index >= 15 is 0 Å². The van der Waals surface area contributed by atoms with Gasteiger partial charge in [-0.25, -0.2) is 13.2 Å². The third-order valence-electron chi connectivity index (χ3n) is 2.81. The second-order valence-corrected chi connectivity index (χ2v) is 4.28. The van der Waals surface area contributed by atoms with Gasteiger partial charge in [-0.05, 0) is 30.9 Å². The van der Waals surface area contributed by atoms with Crippen molar-refractivity contribution in [3.05, 3.63) is 41.7 Å². The lowest BCUT2D eigenvalue weighted by atomic mass is 10.0. The number of aryl methyl sites for hydroxylation is 1. The zero-order valence-corrected chi connectivity index (χ0v) is 11.1. The molecule has 1 rings (SSSR count). The minimum absolute atomic E-state index is 0.0525. The van der Waals surface area contributed by atoms with Crippen molar-refractivity contribution in [2.24, 2.45) is 0 Å². The van der Waals surface area contributed by atoms with Crippen LogP contribution in [0.1, 0.15) is 43.7 Å². The molecule has 1 aromatic carbocycles. The fourth-order valence-electron chi connectivity index (χ4n) is 1.73. The molecule has 0 unspecified atom stereocenters. The quantitative estimate of drug-likeness (QED) is 0.474. The maximum absolute atomic E-state index is 14.0. The van der Waals surface area contributed by atoms with Crippen molar-refractivity contribution in [2.45, 2.75) is 39.0 Å². The Bertz CT molecular complexity index is 416. The van der Waals surface area contributed by atoms with Crippen LogP contribution < -0.4 is 4.74 Å². The van der Waals surface area contributed by atoms with Crippen molar-refractivity contribution in [3.63, 3.8) is 0 Å². The molecule has 0 aromatic heterocycles. The highest BCUT2D eigenvalue weighted by atomic mass is 19.3. The molecule has 19 heavy (non-hydrogen) atoms. The molecule has 1 aromatic rings. The molecule has 0 amide bonds. The maximum atomic E-state index is 14.0. The zero-order valence-electron chi connectivity index (χ0n) is 11.1. The molecule has 1 nitrogen and oxygen atoms in total. The SMILES string of the molecule is C=CCCc1ccc(OCCCC)c(C(F)F)c1F. The van der Waals surface area contributed by atoms with Crippen LogP contribution >= 0.6 is 0 Å². The highest BCUT2D eigenvalue weighted by molar-refractivity contribution is 5.40. The van der Waals surface area contributed by atoms with Gasteiger partial charge in [-0.1, -0.05) is 25.5 Å². The molecule has 0 aliphatic heterocycles. The van der Waals surface area contributed by atoms with Gasteiger partial charge in [0.25, 0.3) is 6.43 Å². The average Bonchev–Trinajstić information content (AvgIpc) is 2.37. The lowest BCUT2D eigenvalue weighted by Gasteiger charge is -2.14. The van der Waals surface area contributed by atoms with Gasteiger partial charge >= 0.3 is 0 Å². The summed E-state index contributed by atoms with van der Waals surface area (Å²) in [5.41, 5.74) is -0.351. The lowest BCUT2D eigenvalue weighted by Crippen LogP contribution is -2.05. The first-order valence-corrected chi connectivity index (χ1v) is 6.44. The van der Waals surface area contributed by atoms with E-state index in [0.717, 1.165) is 12.8 Å². The normalized spacial score (nSPS) is 10.8. The van der Waals surface area contributed by atoms with Gasteiger partial charge in [0.15, 0.2) is 0 Å². The number of ether oxygens (including phenoxy) is 1. The summed E-state index contributed by atoms with van der Waals surface area (Å²) in [7, 11) is 0. The van der Waals surface area contributed by atoms with Gasteiger partial charge in [-0.15, -0.1) is 6.58 Å². The fourth-order valence-corrected chi connectivity index (χ4v) is 1.73. The van der Waals surface area contributed by atoms with Crippen LogP contribution in [0, 0.1) is 5.82 Å². The minimum atomic E-state index is -2.87. The van der Waals surface area contributed by atoms with E-state index in [-0.39, 0.29) is 11.3 Å². The molecule has 0 aliphatic carbocycles. The van der Waals surface area contributed by atoms with Gasteiger partial charge < -0.3 is 4.74 Å². The van der Waals surface area contributed by atoms with Crippen LogP contribution in [0.4, 0.5) is 13.2 Å². The average molecular weight is 272 g/mol. The predicted molar refractivity (Wildman–Crippen MR) is 70.3 cm³/mol. The van der Waals surface area contributed by atoms with Gasteiger partial charge in [-0.3, -0.25) is 0 Å². The van der Waals surface area contributed by atoms with E-state index in [1.54, 1.807) is 6.08 Å². The third kappa shape index (κ3) is 4.30. The number of rotatable bonds is 8. The summed E-state index contributed by atoms with van der Waals surface area (Å²) < 4.78 is 45.2. The molecule has 4 heteroatoms. The number of hydrogen-bond acceptors (Lipinski definition) is 1. The van der Waals surface area contributed by atoms with Crippen LogP contribution in [0.15, 0.2) is 24.8 Å². The third-order valence-corrected chi connectivity index (χ3v) is 2.81. The van der Waals surface area contributed by atoms with E-state index in [9.17, 15) is 13.2 Å². The summed E-state index contributed by atoms with van der Waals surface area (Å²) in [5.74, 6) is -0.908. The monoisotopic (exact) mass is 272 g/mol. The van der Waals surface area contributed by atoms with Crippen molar-refractivity contribution in [1.29, 1.82) is 0 Å². The summed E-state index contributed by atoms with van der Waals surface area (Å²) in [6.07, 6.45) is 1.32. The van der Waals surface area contributed by atoms with Crippen LogP contribution in [0.5, 0.6) is 5.75 Å². The Kier molecular flexibility index (Phi) is 6.46. The van der Waals surface area contributed by atoms with Gasteiger partial charge in [0.05, 0.1) is 12.2 Å². The van der Waals surface area contributed by atoms with Gasteiger partial charge in [0.2, 0.25) is 0 Å². The van der Waals surface area contributed by atoms with Crippen LogP contribution in [-0.4, -0.2) is 6.61 Å². The van der Waals surface area contributed by atoms with Crippen molar-refractivity contribution >= 4 is 0 Å². The fraction of sp³-hybridized carbons (Fsp3) is 0.467. The summed E-state index contributed by atoms with van der Waals surface area (Å²) in [4.78, 5) is 0. The van der Waals surface area contributed by atoms with Crippen molar-refractivity contribution in [1.82, 2.24) is 0 Å². The second kappa shape index (κ2) is 7.87. The molecule has 0 aliphatic rings. The van der Waals surface area contributed by atoms with Gasteiger partial charge in [-0.2, -0.15) is 0 Å². The van der Waals surface area contributed by atoms with E-state index in [2.05, 4.69) is 6.58 Å². The number of benzene rings is 1. The van der Waals surface area contributed by atoms with Crippen LogP contribution in [0.3, 0.4) is 0 Å². The van der Waals surface area contributed by atoms with Gasteiger partial charge in [0, 0.05) is 0 Å². The number of allylic oxidation sites excluding steroid dienone is 1. The van der Waals surface area contributed by atoms with Gasteiger partial charge in [0.1, 0.15) is 11.6 Å². The Labute approximate surface area is 112 Å². The molecular formula is C15H19F3O. The summed E-state index contributed by atoms with van der Waals surface area (Å²) in [6.45, 7) is 5.82. The molecule has 0 saturated carbocycles. The molecule has 0 heterocycles. The maximum Gasteiger partial charge on any atom is 0.270 e. The summed E-state index contributed by atoms with van der Waals surface area (Å²) in [5, 5.41) is 0. The van der Waals surface area contributed by atoms with E-state index in [1.807, 2.05) is 6.92 Å². The van der Waals surface area contributed by atoms with E-state index in [0.29, 0.717) is 19.4 Å². The number of alkyl halides is 2. The Balaban J connectivity index is 2.98. The first-order valence-electron chi connectivity index (χ1n) is 6.44. The van der Waals surface area contributed by atoms with E-state index in [1.165, 1.54) is 12.1 Å². The Morgan fingerprint density at radius 2 is 2.11 bits per heavy atom. The molecule has 106 valence electrons.